The van der Waals surface area contributed by atoms with Crippen molar-refractivity contribution in [1.82, 2.24) is 4.31 Å². The smallest absolute Gasteiger partial charge is 0.243 e. The van der Waals surface area contributed by atoms with Gasteiger partial charge in [0.05, 0.1) is 28.6 Å². The molecule has 0 heterocycles. The van der Waals surface area contributed by atoms with Crippen LogP contribution in [-0.2, 0) is 21.2 Å². The Hall–Kier alpha value is -3.91. The van der Waals surface area contributed by atoms with E-state index in [0.29, 0.717) is 27.8 Å². The maximum Gasteiger partial charge on any atom is 0.243 e. The molecule has 0 spiro atoms. The minimum absolute atomic E-state index is 0.0210. The van der Waals surface area contributed by atoms with Crippen LogP contribution in [0.2, 0.25) is 5.02 Å². The Bertz CT molecular complexity index is 1470. The van der Waals surface area contributed by atoms with Crippen LogP contribution >= 0.6 is 11.6 Å². The van der Waals surface area contributed by atoms with Crippen LogP contribution in [0.4, 0.5) is 5.69 Å². The van der Waals surface area contributed by atoms with Crippen LogP contribution in [0.15, 0.2) is 71.9 Å². The first kappa shape index (κ1) is 26.7. The molecule has 186 valence electrons. The van der Waals surface area contributed by atoms with E-state index in [1.165, 1.54) is 7.05 Å². The van der Waals surface area contributed by atoms with Crippen molar-refractivity contribution >= 4 is 39.1 Å². The van der Waals surface area contributed by atoms with E-state index < -0.39 is 22.0 Å². The molecular weight excluding hydrogens is 502 g/mol. The number of rotatable bonds is 8. The predicted molar refractivity (Wildman–Crippen MR) is 139 cm³/mol. The van der Waals surface area contributed by atoms with Gasteiger partial charge in [0.2, 0.25) is 15.9 Å². The molecule has 0 aromatic heterocycles. The number of anilines is 1. The molecule has 0 aliphatic carbocycles. The van der Waals surface area contributed by atoms with Crippen LogP contribution in [0.3, 0.4) is 0 Å². The fourth-order valence-electron chi connectivity index (χ4n) is 3.59. The van der Waals surface area contributed by atoms with Gasteiger partial charge in [0, 0.05) is 12.6 Å². The van der Waals surface area contributed by atoms with Gasteiger partial charge < -0.3 is 16.3 Å². The second-order valence-corrected chi connectivity index (χ2v) is 10.5. The molecule has 4 N–H and O–H groups in total. The Morgan fingerprint density at radius 1 is 1.19 bits per heavy atom. The van der Waals surface area contributed by atoms with Gasteiger partial charge in [-0.05, 0) is 47.4 Å². The summed E-state index contributed by atoms with van der Waals surface area (Å²) in [4.78, 5) is 13.3. The molecule has 9 nitrogen and oxygen atoms in total. The highest BCUT2D eigenvalue weighted by Gasteiger charge is 2.30. The third kappa shape index (κ3) is 6.20. The predicted octanol–water partition coefficient (Wildman–Crippen LogP) is 3.41. The fraction of sp³-hybridized carbons (Fsp3) is 0.160. The Labute approximate surface area is 214 Å². The van der Waals surface area contributed by atoms with E-state index in [1.54, 1.807) is 66.7 Å². The Morgan fingerprint density at radius 2 is 1.92 bits per heavy atom. The standard InChI is InChI=1S/C25H24ClN5O4S/c1-31(36(2,34)35)23(13-16-6-5-8-18(12-16)24(28)30-33)25(32)29-22-11-10-17(14-21(22)26)20-9-4-3-7-19(20)15-27/h3-12,14,23,33H,13H2,1-2H3,(H2,28,30)(H,29,32). The topological polar surface area (TPSA) is 149 Å². The number of carbonyl (C=O) groups excluding carboxylic acids is 1. The quantitative estimate of drug-likeness (QED) is 0.177. The minimum Gasteiger partial charge on any atom is -0.409 e. The first-order chi connectivity index (χ1) is 17.0. The Kier molecular flexibility index (Phi) is 8.32. The summed E-state index contributed by atoms with van der Waals surface area (Å²) in [6, 6.07) is 19.6. The number of nitriles is 1. The number of sulfonamides is 1. The van der Waals surface area contributed by atoms with Crippen molar-refractivity contribution in [1.29, 1.82) is 5.26 Å². The molecule has 0 fully saturated rings. The SMILES string of the molecule is CN(C(Cc1cccc(/C(N)=N/O)c1)C(=O)Nc1ccc(-c2ccccc2C#N)cc1Cl)S(C)(=O)=O. The maximum absolute atomic E-state index is 13.3. The van der Waals surface area contributed by atoms with Gasteiger partial charge in [0.15, 0.2) is 5.84 Å². The summed E-state index contributed by atoms with van der Waals surface area (Å²) in [5, 5.41) is 24.2. The van der Waals surface area contributed by atoms with Gasteiger partial charge in [-0.3, -0.25) is 4.79 Å². The van der Waals surface area contributed by atoms with Gasteiger partial charge in [0.25, 0.3) is 0 Å². The number of benzene rings is 3. The lowest BCUT2D eigenvalue weighted by atomic mass is 10.00. The fourth-order valence-corrected chi connectivity index (χ4v) is 4.45. The second-order valence-electron chi connectivity index (χ2n) is 8.03. The number of likely N-dealkylation sites (N-methyl/N-ethyl adjacent to an activating group) is 1. The molecule has 3 aromatic rings. The second kappa shape index (κ2) is 11.2. The number of oxime groups is 1. The first-order valence-corrected chi connectivity index (χ1v) is 12.9. The number of hydrogen-bond acceptors (Lipinski definition) is 6. The van der Waals surface area contributed by atoms with Crippen molar-refractivity contribution in [2.45, 2.75) is 12.5 Å². The van der Waals surface area contributed by atoms with E-state index in [1.807, 2.05) is 0 Å². The molecular formula is C25H24ClN5O4S. The van der Waals surface area contributed by atoms with Gasteiger partial charge in [-0.2, -0.15) is 9.57 Å². The number of nitrogens with two attached hydrogens (primary N) is 1. The number of carbonyl (C=O) groups is 1. The van der Waals surface area contributed by atoms with Gasteiger partial charge >= 0.3 is 0 Å². The zero-order valence-electron chi connectivity index (χ0n) is 19.5. The zero-order chi connectivity index (χ0) is 26.5. The van der Waals surface area contributed by atoms with Gasteiger partial charge in [0.1, 0.15) is 6.04 Å². The molecule has 3 aromatic carbocycles. The van der Waals surface area contributed by atoms with Crippen LogP contribution < -0.4 is 11.1 Å². The molecule has 1 atom stereocenters. The number of amidine groups is 1. The Morgan fingerprint density at radius 3 is 2.56 bits per heavy atom. The molecule has 1 unspecified atom stereocenters. The lowest BCUT2D eigenvalue weighted by molar-refractivity contribution is -0.119. The van der Waals surface area contributed by atoms with Crippen LogP contribution in [0.5, 0.6) is 0 Å². The molecule has 0 aliphatic rings. The number of nitrogens with one attached hydrogen (secondary N) is 1. The number of amides is 1. The summed E-state index contributed by atoms with van der Waals surface area (Å²) in [5.41, 5.74) is 8.84. The number of nitrogens with zero attached hydrogens (tertiary/aromatic N) is 3. The molecule has 0 saturated carbocycles. The lowest BCUT2D eigenvalue weighted by Crippen LogP contribution is -2.46. The molecule has 0 radical (unpaired) electrons. The average Bonchev–Trinajstić information content (AvgIpc) is 2.87. The molecule has 0 aliphatic heterocycles. The first-order valence-electron chi connectivity index (χ1n) is 10.6. The molecule has 0 saturated heterocycles. The summed E-state index contributed by atoms with van der Waals surface area (Å²) in [6.07, 6.45) is 1.03. The van der Waals surface area contributed by atoms with Crippen molar-refractivity contribution in [3.05, 3.63) is 88.4 Å². The van der Waals surface area contributed by atoms with Crippen molar-refractivity contribution < 1.29 is 18.4 Å². The highest BCUT2D eigenvalue weighted by atomic mass is 35.5. The van der Waals surface area contributed by atoms with Gasteiger partial charge in [-0.1, -0.05) is 59.2 Å². The summed E-state index contributed by atoms with van der Waals surface area (Å²) in [5.74, 6) is -0.705. The summed E-state index contributed by atoms with van der Waals surface area (Å²) >= 11 is 6.44. The van der Waals surface area contributed by atoms with E-state index in [2.05, 4.69) is 16.5 Å². The average molecular weight is 526 g/mol. The van der Waals surface area contributed by atoms with E-state index in [9.17, 15) is 18.5 Å². The maximum atomic E-state index is 13.3. The molecule has 11 heteroatoms. The van der Waals surface area contributed by atoms with Crippen LogP contribution in [0.1, 0.15) is 16.7 Å². The van der Waals surface area contributed by atoms with Crippen molar-refractivity contribution in [3.63, 3.8) is 0 Å². The third-order valence-corrected chi connectivity index (χ3v) is 7.22. The summed E-state index contributed by atoms with van der Waals surface area (Å²) < 4.78 is 25.6. The molecule has 1 amide bonds. The van der Waals surface area contributed by atoms with Gasteiger partial charge in [-0.25, -0.2) is 8.42 Å². The van der Waals surface area contributed by atoms with Gasteiger partial charge in [-0.15, -0.1) is 0 Å². The highest BCUT2D eigenvalue weighted by Crippen LogP contribution is 2.31. The number of halogens is 1. The largest absolute Gasteiger partial charge is 0.409 e. The van der Waals surface area contributed by atoms with E-state index in [-0.39, 0.29) is 23.0 Å². The third-order valence-electron chi connectivity index (χ3n) is 5.61. The normalized spacial score (nSPS) is 12.7. The van der Waals surface area contributed by atoms with Crippen LogP contribution in [0, 0.1) is 11.3 Å². The lowest BCUT2D eigenvalue weighted by Gasteiger charge is -2.26. The Balaban J connectivity index is 1.91. The highest BCUT2D eigenvalue weighted by molar-refractivity contribution is 7.88. The van der Waals surface area contributed by atoms with Crippen molar-refractivity contribution in [3.8, 4) is 17.2 Å². The molecule has 36 heavy (non-hydrogen) atoms. The van der Waals surface area contributed by atoms with Crippen molar-refractivity contribution in [2.24, 2.45) is 10.9 Å². The van der Waals surface area contributed by atoms with E-state index in [0.717, 1.165) is 10.6 Å². The monoisotopic (exact) mass is 525 g/mol. The van der Waals surface area contributed by atoms with E-state index in [4.69, 9.17) is 22.5 Å². The molecule has 3 rings (SSSR count). The van der Waals surface area contributed by atoms with Crippen LogP contribution in [-0.4, -0.2) is 49.0 Å². The summed E-state index contributed by atoms with van der Waals surface area (Å²) in [6.45, 7) is 0. The summed E-state index contributed by atoms with van der Waals surface area (Å²) in [7, 11) is -2.41. The van der Waals surface area contributed by atoms with Crippen LogP contribution in [0.25, 0.3) is 11.1 Å². The molecule has 0 bridgehead atoms. The van der Waals surface area contributed by atoms with Crippen molar-refractivity contribution in [2.75, 3.05) is 18.6 Å². The zero-order valence-corrected chi connectivity index (χ0v) is 21.1. The number of hydrogen-bond donors (Lipinski definition) is 3. The minimum atomic E-state index is -3.73. The van der Waals surface area contributed by atoms with E-state index >= 15 is 0 Å².